The molecule has 1 N–H and O–H groups in total. The van der Waals surface area contributed by atoms with Crippen molar-refractivity contribution in [2.45, 2.75) is 32.5 Å². The molecule has 0 aliphatic carbocycles. The standard InChI is InChI=1S/C13H15F3N2O/c1-4-18-9-7-5-6-8(13(14,15)16)10(9)17-11(19)12(18,2)3/h5-7H,4H2,1-3H3,(H,17,19). The van der Waals surface area contributed by atoms with E-state index in [0.717, 1.165) is 6.07 Å². The molecule has 1 heterocycles. The summed E-state index contributed by atoms with van der Waals surface area (Å²) in [7, 11) is 0. The van der Waals surface area contributed by atoms with E-state index in [1.54, 1.807) is 24.8 Å². The van der Waals surface area contributed by atoms with Gasteiger partial charge in [-0.25, -0.2) is 0 Å². The Morgan fingerprint density at radius 3 is 2.47 bits per heavy atom. The Kier molecular flexibility index (Phi) is 2.99. The third-order valence-electron chi connectivity index (χ3n) is 3.42. The Hall–Kier alpha value is -1.72. The first kappa shape index (κ1) is 13.7. The van der Waals surface area contributed by atoms with E-state index in [1.807, 2.05) is 6.92 Å². The number of halogens is 3. The topological polar surface area (TPSA) is 32.3 Å². The Bertz CT molecular complexity index is 523. The van der Waals surface area contributed by atoms with E-state index in [2.05, 4.69) is 5.32 Å². The second-order valence-corrected chi connectivity index (χ2v) is 4.95. The Morgan fingerprint density at radius 1 is 1.32 bits per heavy atom. The van der Waals surface area contributed by atoms with Gasteiger partial charge in [0.2, 0.25) is 5.91 Å². The average Bonchev–Trinajstić information content (AvgIpc) is 2.28. The maximum absolute atomic E-state index is 13.0. The quantitative estimate of drug-likeness (QED) is 0.851. The largest absolute Gasteiger partial charge is 0.418 e. The smallest absolute Gasteiger partial charge is 0.356 e. The summed E-state index contributed by atoms with van der Waals surface area (Å²) in [6.07, 6.45) is -4.49. The summed E-state index contributed by atoms with van der Waals surface area (Å²) in [5.74, 6) is -0.432. The Labute approximate surface area is 109 Å². The second-order valence-electron chi connectivity index (χ2n) is 4.95. The van der Waals surface area contributed by atoms with E-state index >= 15 is 0 Å². The zero-order valence-electron chi connectivity index (χ0n) is 10.9. The van der Waals surface area contributed by atoms with Crippen molar-refractivity contribution >= 4 is 17.3 Å². The van der Waals surface area contributed by atoms with Gasteiger partial charge in [-0.15, -0.1) is 0 Å². The number of anilines is 2. The van der Waals surface area contributed by atoms with Crippen molar-refractivity contribution in [3.63, 3.8) is 0 Å². The number of carbonyl (C=O) groups is 1. The van der Waals surface area contributed by atoms with Crippen LogP contribution in [0.5, 0.6) is 0 Å². The first-order valence-corrected chi connectivity index (χ1v) is 5.99. The van der Waals surface area contributed by atoms with Crippen molar-refractivity contribution in [3.05, 3.63) is 23.8 Å². The molecule has 0 aromatic heterocycles. The molecule has 0 unspecified atom stereocenters. The van der Waals surface area contributed by atoms with Crippen LogP contribution in [-0.4, -0.2) is 18.0 Å². The second kappa shape index (κ2) is 4.15. The summed E-state index contributed by atoms with van der Waals surface area (Å²) in [5.41, 5.74) is -1.43. The predicted octanol–water partition coefficient (Wildman–Crippen LogP) is 3.26. The van der Waals surface area contributed by atoms with Gasteiger partial charge in [0.15, 0.2) is 0 Å². The van der Waals surface area contributed by atoms with Gasteiger partial charge in [0.05, 0.1) is 16.9 Å². The first-order valence-electron chi connectivity index (χ1n) is 5.99. The fourth-order valence-corrected chi connectivity index (χ4v) is 2.39. The lowest BCUT2D eigenvalue weighted by molar-refractivity contribution is -0.137. The molecule has 0 saturated carbocycles. The molecule has 1 aliphatic rings. The molecule has 104 valence electrons. The fraction of sp³-hybridized carbons (Fsp3) is 0.462. The molecule has 0 radical (unpaired) electrons. The average molecular weight is 272 g/mol. The van der Waals surface area contributed by atoms with Crippen LogP contribution in [0, 0.1) is 0 Å². The van der Waals surface area contributed by atoms with E-state index in [-0.39, 0.29) is 5.69 Å². The molecular formula is C13H15F3N2O. The van der Waals surface area contributed by atoms with Crippen molar-refractivity contribution in [3.8, 4) is 0 Å². The zero-order chi connectivity index (χ0) is 14.4. The maximum atomic E-state index is 13.0. The van der Waals surface area contributed by atoms with Crippen molar-refractivity contribution in [2.75, 3.05) is 16.8 Å². The number of amides is 1. The summed E-state index contributed by atoms with van der Waals surface area (Å²) in [6, 6.07) is 3.93. The fourth-order valence-electron chi connectivity index (χ4n) is 2.39. The van der Waals surface area contributed by atoms with Gasteiger partial charge in [0.25, 0.3) is 0 Å². The number of nitrogens with one attached hydrogen (secondary N) is 1. The van der Waals surface area contributed by atoms with E-state index in [0.29, 0.717) is 12.2 Å². The van der Waals surface area contributed by atoms with Gasteiger partial charge in [-0.2, -0.15) is 13.2 Å². The normalized spacial score (nSPS) is 18.0. The minimum absolute atomic E-state index is 0.152. The van der Waals surface area contributed by atoms with Crippen LogP contribution in [0.25, 0.3) is 0 Å². The number of nitrogens with zero attached hydrogens (tertiary/aromatic N) is 1. The molecule has 6 heteroatoms. The van der Waals surface area contributed by atoms with Crippen LogP contribution < -0.4 is 10.2 Å². The summed E-state index contributed by atoms with van der Waals surface area (Å²) >= 11 is 0. The lowest BCUT2D eigenvalue weighted by Crippen LogP contribution is -2.56. The molecule has 1 amide bonds. The van der Waals surface area contributed by atoms with Gasteiger partial charge in [0.1, 0.15) is 5.54 Å². The van der Waals surface area contributed by atoms with Gasteiger partial charge in [-0.05, 0) is 32.9 Å². The summed E-state index contributed by atoms with van der Waals surface area (Å²) in [5, 5.41) is 2.39. The number of alkyl halides is 3. The molecule has 0 bridgehead atoms. The first-order chi connectivity index (χ1) is 8.69. The summed E-state index contributed by atoms with van der Waals surface area (Å²) in [4.78, 5) is 13.7. The number of likely N-dealkylation sites (N-methyl/N-ethyl adjacent to an activating group) is 1. The van der Waals surface area contributed by atoms with Gasteiger partial charge < -0.3 is 10.2 Å². The molecule has 0 saturated heterocycles. The van der Waals surface area contributed by atoms with Crippen LogP contribution in [0.2, 0.25) is 0 Å². The number of rotatable bonds is 1. The van der Waals surface area contributed by atoms with Crippen LogP contribution in [0.4, 0.5) is 24.5 Å². The van der Waals surface area contributed by atoms with Gasteiger partial charge in [-0.1, -0.05) is 6.07 Å². The predicted molar refractivity (Wildman–Crippen MR) is 67.2 cm³/mol. The van der Waals surface area contributed by atoms with Gasteiger partial charge >= 0.3 is 6.18 Å². The van der Waals surface area contributed by atoms with E-state index in [4.69, 9.17) is 0 Å². The lowest BCUT2D eigenvalue weighted by Gasteiger charge is -2.43. The van der Waals surface area contributed by atoms with E-state index in [1.165, 1.54) is 6.07 Å². The molecular weight excluding hydrogens is 257 g/mol. The van der Waals surface area contributed by atoms with E-state index in [9.17, 15) is 18.0 Å². The molecule has 0 atom stereocenters. The number of hydrogen-bond acceptors (Lipinski definition) is 2. The molecule has 0 fully saturated rings. The molecule has 2 rings (SSSR count). The number of para-hydroxylation sites is 1. The number of fused-ring (bicyclic) bond motifs is 1. The highest BCUT2D eigenvalue weighted by atomic mass is 19.4. The summed E-state index contributed by atoms with van der Waals surface area (Å²) in [6.45, 7) is 5.64. The van der Waals surface area contributed by atoms with Gasteiger partial charge in [0, 0.05) is 6.54 Å². The van der Waals surface area contributed by atoms with Crippen LogP contribution in [0.1, 0.15) is 26.3 Å². The van der Waals surface area contributed by atoms with E-state index < -0.39 is 23.2 Å². The van der Waals surface area contributed by atoms with Crippen molar-refractivity contribution in [1.82, 2.24) is 0 Å². The van der Waals surface area contributed by atoms with Crippen molar-refractivity contribution in [1.29, 1.82) is 0 Å². The maximum Gasteiger partial charge on any atom is 0.418 e. The van der Waals surface area contributed by atoms with Crippen LogP contribution in [0.3, 0.4) is 0 Å². The van der Waals surface area contributed by atoms with Gasteiger partial charge in [-0.3, -0.25) is 4.79 Å². The molecule has 3 nitrogen and oxygen atoms in total. The highest BCUT2D eigenvalue weighted by Crippen LogP contribution is 2.44. The highest BCUT2D eigenvalue weighted by Gasteiger charge is 2.43. The minimum Gasteiger partial charge on any atom is -0.356 e. The molecule has 1 aromatic carbocycles. The monoisotopic (exact) mass is 272 g/mol. The van der Waals surface area contributed by atoms with Crippen LogP contribution in [0.15, 0.2) is 18.2 Å². The molecule has 1 aromatic rings. The molecule has 1 aliphatic heterocycles. The number of benzene rings is 1. The molecule has 19 heavy (non-hydrogen) atoms. The highest BCUT2D eigenvalue weighted by molar-refractivity contribution is 6.07. The SMILES string of the molecule is CCN1c2cccc(C(F)(F)F)c2NC(=O)C1(C)C. The Balaban J connectivity index is 2.66. The van der Waals surface area contributed by atoms with Crippen molar-refractivity contribution < 1.29 is 18.0 Å². The summed E-state index contributed by atoms with van der Waals surface area (Å²) < 4.78 is 38.9. The number of hydrogen-bond donors (Lipinski definition) is 1. The third-order valence-corrected chi connectivity index (χ3v) is 3.42. The molecule has 0 spiro atoms. The van der Waals surface area contributed by atoms with Crippen LogP contribution in [-0.2, 0) is 11.0 Å². The minimum atomic E-state index is -4.49. The Morgan fingerprint density at radius 2 is 1.95 bits per heavy atom. The van der Waals surface area contributed by atoms with Crippen LogP contribution >= 0.6 is 0 Å². The zero-order valence-corrected chi connectivity index (χ0v) is 10.9. The number of carbonyl (C=O) groups excluding carboxylic acids is 1. The van der Waals surface area contributed by atoms with Crippen molar-refractivity contribution in [2.24, 2.45) is 0 Å². The third kappa shape index (κ3) is 2.05. The lowest BCUT2D eigenvalue weighted by atomic mass is 9.95.